The summed E-state index contributed by atoms with van der Waals surface area (Å²) < 4.78 is 34.7. The number of halogens is 1. The van der Waals surface area contributed by atoms with Gasteiger partial charge in [-0.3, -0.25) is 4.79 Å². The summed E-state index contributed by atoms with van der Waals surface area (Å²) in [6.45, 7) is -0.563. The molecule has 19 heavy (non-hydrogen) atoms. The summed E-state index contributed by atoms with van der Waals surface area (Å²) in [7, 11) is -4.74. The molecular weight excluding hydrogens is 273 g/mol. The molecular formula is C12H14FNO4S. The molecule has 104 valence electrons. The zero-order chi connectivity index (χ0) is 14.0. The molecule has 2 atom stereocenters. The minimum atomic E-state index is -4.74. The van der Waals surface area contributed by atoms with E-state index in [9.17, 15) is 22.2 Å². The molecule has 0 aliphatic carbocycles. The second-order valence-electron chi connectivity index (χ2n) is 4.46. The number of aliphatic hydroxyl groups excluding tert-OH is 1. The third kappa shape index (κ3) is 2.93. The number of hydrogen-bond donors (Lipinski definition) is 1. The quantitative estimate of drug-likeness (QED) is 0.824. The van der Waals surface area contributed by atoms with Crippen molar-refractivity contribution in [3.8, 4) is 0 Å². The van der Waals surface area contributed by atoms with Gasteiger partial charge in [0.1, 0.15) is 5.25 Å². The average molecular weight is 287 g/mol. The lowest BCUT2D eigenvalue weighted by Crippen LogP contribution is -2.33. The van der Waals surface area contributed by atoms with E-state index in [0.717, 1.165) is 0 Å². The van der Waals surface area contributed by atoms with Gasteiger partial charge in [0, 0.05) is 13.0 Å². The van der Waals surface area contributed by atoms with E-state index in [4.69, 9.17) is 0 Å². The van der Waals surface area contributed by atoms with Crippen molar-refractivity contribution in [3.05, 3.63) is 35.9 Å². The van der Waals surface area contributed by atoms with Crippen LogP contribution in [0.3, 0.4) is 0 Å². The number of benzene rings is 1. The van der Waals surface area contributed by atoms with Crippen molar-refractivity contribution < 1.29 is 22.2 Å². The van der Waals surface area contributed by atoms with Crippen LogP contribution in [0.4, 0.5) is 3.89 Å². The predicted octanol–water partition coefficient (Wildman–Crippen LogP) is 0.620. The smallest absolute Gasteiger partial charge is 0.307 e. The molecule has 1 aliphatic rings. The van der Waals surface area contributed by atoms with E-state index in [0.29, 0.717) is 5.56 Å². The number of nitrogens with zero attached hydrogens (tertiary/aromatic N) is 1. The summed E-state index contributed by atoms with van der Waals surface area (Å²) in [5.74, 6) is -0.464. The van der Waals surface area contributed by atoms with Crippen LogP contribution >= 0.6 is 0 Å². The van der Waals surface area contributed by atoms with Gasteiger partial charge < -0.3 is 10.0 Å². The van der Waals surface area contributed by atoms with E-state index >= 15 is 0 Å². The number of hydrogen-bond acceptors (Lipinski definition) is 4. The Balaban J connectivity index is 2.24. The highest BCUT2D eigenvalue weighted by Gasteiger charge is 2.41. The van der Waals surface area contributed by atoms with Gasteiger partial charge in [-0.2, -0.15) is 8.42 Å². The van der Waals surface area contributed by atoms with Gasteiger partial charge in [-0.15, -0.1) is 3.89 Å². The minimum absolute atomic E-state index is 0.224. The van der Waals surface area contributed by atoms with Gasteiger partial charge in [-0.05, 0) is 5.56 Å². The monoisotopic (exact) mass is 287 g/mol. The maximum absolute atomic E-state index is 12.9. The molecule has 5 nitrogen and oxygen atoms in total. The van der Waals surface area contributed by atoms with Gasteiger partial charge in [0.05, 0.1) is 12.6 Å². The molecule has 1 N–H and O–H groups in total. The van der Waals surface area contributed by atoms with E-state index < -0.39 is 27.4 Å². The first kappa shape index (κ1) is 14.0. The van der Waals surface area contributed by atoms with Crippen LogP contribution in [0.1, 0.15) is 18.0 Å². The highest BCUT2D eigenvalue weighted by atomic mass is 32.3. The van der Waals surface area contributed by atoms with E-state index in [1.54, 1.807) is 30.3 Å². The Morgan fingerprint density at radius 3 is 2.47 bits per heavy atom. The Hall–Kier alpha value is -1.47. The molecule has 1 aromatic carbocycles. The summed E-state index contributed by atoms with van der Waals surface area (Å²) in [4.78, 5) is 13.0. The second-order valence-corrected chi connectivity index (χ2v) is 6.07. The minimum Gasteiger partial charge on any atom is -0.394 e. The van der Waals surface area contributed by atoms with Gasteiger partial charge in [0.25, 0.3) is 0 Å². The molecule has 1 fully saturated rings. The molecule has 1 heterocycles. The number of rotatable bonds is 4. The van der Waals surface area contributed by atoms with Crippen molar-refractivity contribution in [2.24, 2.45) is 0 Å². The Morgan fingerprint density at radius 2 is 2.00 bits per heavy atom. The molecule has 0 aromatic heterocycles. The van der Waals surface area contributed by atoms with Crippen LogP contribution in [0.25, 0.3) is 0 Å². The zero-order valence-corrected chi connectivity index (χ0v) is 10.9. The third-order valence-electron chi connectivity index (χ3n) is 3.25. The lowest BCUT2D eigenvalue weighted by molar-refractivity contribution is -0.130. The molecule has 0 spiro atoms. The van der Waals surface area contributed by atoms with Gasteiger partial charge in [-0.25, -0.2) is 0 Å². The van der Waals surface area contributed by atoms with Crippen molar-refractivity contribution in [1.82, 2.24) is 4.90 Å². The lowest BCUT2D eigenvalue weighted by atomic mass is 10.1. The molecule has 1 aliphatic heterocycles. The van der Waals surface area contributed by atoms with E-state index in [1.807, 2.05) is 0 Å². The number of aliphatic hydroxyl groups is 1. The molecule has 0 radical (unpaired) electrons. The SMILES string of the molecule is O=C1CC(S(=O)(=O)F)CN1[C@@H](CO)c1ccccc1. The Bertz CT molecular complexity index is 560. The van der Waals surface area contributed by atoms with E-state index in [1.165, 1.54) is 4.90 Å². The summed E-state index contributed by atoms with van der Waals surface area (Å²) in [5.41, 5.74) is 0.690. The normalized spacial score (nSPS) is 21.7. The van der Waals surface area contributed by atoms with Crippen LogP contribution in [-0.4, -0.2) is 42.7 Å². The summed E-state index contributed by atoms with van der Waals surface area (Å²) in [6.07, 6.45) is -0.373. The van der Waals surface area contributed by atoms with Crippen LogP contribution in [0.2, 0.25) is 0 Å². The van der Waals surface area contributed by atoms with E-state index in [-0.39, 0.29) is 19.6 Å². The van der Waals surface area contributed by atoms with Crippen LogP contribution in [0.15, 0.2) is 30.3 Å². The average Bonchev–Trinajstić information content (AvgIpc) is 2.74. The fourth-order valence-electron chi connectivity index (χ4n) is 2.25. The fraction of sp³-hybridized carbons (Fsp3) is 0.417. The van der Waals surface area contributed by atoms with Crippen LogP contribution < -0.4 is 0 Å². The number of amides is 1. The van der Waals surface area contributed by atoms with Gasteiger partial charge in [0.15, 0.2) is 0 Å². The summed E-state index contributed by atoms with van der Waals surface area (Å²) in [5, 5.41) is 8.07. The van der Waals surface area contributed by atoms with Crippen molar-refractivity contribution in [1.29, 1.82) is 0 Å². The molecule has 1 unspecified atom stereocenters. The molecule has 1 aromatic rings. The third-order valence-corrected chi connectivity index (χ3v) is 4.37. The van der Waals surface area contributed by atoms with Gasteiger partial charge >= 0.3 is 10.2 Å². The zero-order valence-electron chi connectivity index (χ0n) is 10.1. The maximum atomic E-state index is 12.9. The lowest BCUT2D eigenvalue weighted by Gasteiger charge is -2.26. The van der Waals surface area contributed by atoms with Crippen molar-refractivity contribution in [3.63, 3.8) is 0 Å². The molecule has 1 saturated heterocycles. The van der Waals surface area contributed by atoms with Crippen molar-refractivity contribution >= 4 is 16.1 Å². The van der Waals surface area contributed by atoms with Crippen LogP contribution in [0.5, 0.6) is 0 Å². The van der Waals surface area contributed by atoms with Gasteiger partial charge in [-0.1, -0.05) is 30.3 Å². The molecule has 1 amide bonds. The molecule has 0 bridgehead atoms. The molecule has 7 heteroatoms. The highest BCUT2D eigenvalue weighted by molar-refractivity contribution is 7.87. The first-order valence-electron chi connectivity index (χ1n) is 5.82. The standard InChI is InChI=1S/C12H14FNO4S/c13-19(17,18)10-6-12(16)14(7-10)11(8-15)9-4-2-1-3-5-9/h1-5,10-11,15H,6-8H2/t10?,11-/m0/s1. The summed E-state index contributed by atoms with van der Waals surface area (Å²) in [6, 6.07) is 8.11. The number of likely N-dealkylation sites (tertiary alicyclic amines) is 1. The Morgan fingerprint density at radius 1 is 1.37 bits per heavy atom. The largest absolute Gasteiger partial charge is 0.394 e. The highest BCUT2D eigenvalue weighted by Crippen LogP contribution is 2.28. The first-order chi connectivity index (χ1) is 8.93. The Kier molecular flexibility index (Phi) is 3.86. The van der Waals surface area contributed by atoms with E-state index in [2.05, 4.69) is 0 Å². The number of carbonyl (C=O) groups is 1. The number of carbonyl (C=O) groups excluding carboxylic acids is 1. The van der Waals surface area contributed by atoms with Crippen molar-refractivity contribution in [2.75, 3.05) is 13.2 Å². The molecule has 0 saturated carbocycles. The Labute approximate surface area is 110 Å². The second kappa shape index (κ2) is 5.26. The summed E-state index contributed by atoms with van der Waals surface area (Å²) >= 11 is 0. The van der Waals surface area contributed by atoms with Crippen LogP contribution in [-0.2, 0) is 15.0 Å². The topological polar surface area (TPSA) is 74.7 Å². The van der Waals surface area contributed by atoms with Crippen molar-refractivity contribution in [2.45, 2.75) is 17.7 Å². The fourth-order valence-corrected chi connectivity index (χ4v) is 2.93. The van der Waals surface area contributed by atoms with Crippen LogP contribution in [0, 0.1) is 0 Å². The van der Waals surface area contributed by atoms with Gasteiger partial charge in [0.2, 0.25) is 5.91 Å². The molecule has 2 rings (SSSR count). The maximum Gasteiger partial charge on any atom is 0.307 e. The predicted molar refractivity (Wildman–Crippen MR) is 66.4 cm³/mol. The first-order valence-corrected chi connectivity index (χ1v) is 7.27.